The van der Waals surface area contributed by atoms with E-state index in [0.717, 1.165) is 54.3 Å². The second-order valence-electron chi connectivity index (χ2n) is 13.7. The van der Waals surface area contributed by atoms with Gasteiger partial charge in [-0.25, -0.2) is 8.78 Å². The predicted octanol–water partition coefficient (Wildman–Crippen LogP) is 11.3. The van der Waals surface area contributed by atoms with Crippen molar-refractivity contribution in [3.05, 3.63) is 139 Å². The summed E-state index contributed by atoms with van der Waals surface area (Å²) in [4.78, 5) is 9.14. The Bertz CT molecular complexity index is 2160. The minimum atomic E-state index is -1.23. The monoisotopic (exact) mass is 847 g/mol. The molecule has 0 saturated carbocycles. The molecule has 0 saturated heterocycles. The molecule has 0 aliphatic carbocycles. The van der Waals surface area contributed by atoms with Crippen LogP contribution in [-0.2, 0) is 25.5 Å². The van der Waals surface area contributed by atoms with Crippen LogP contribution < -0.4 is 5.19 Å². The smallest absolute Gasteiger partial charge is 0.126 e. The van der Waals surface area contributed by atoms with Crippen LogP contribution in [0.15, 0.2) is 109 Å². The van der Waals surface area contributed by atoms with Gasteiger partial charge in [-0.3, -0.25) is 0 Å². The molecule has 7 heteroatoms. The van der Waals surface area contributed by atoms with E-state index in [9.17, 15) is 8.78 Å². The number of aromatic nitrogens is 2. The second kappa shape index (κ2) is 14.3. The molecule has 245 valence electrons. The van der Waals surface area contributed by atoms with Gasteiger partial charge in [0.15, 0.2) is 0 Å². The number of halogens is 2. The topological polar surface area (TPSA) is 25.8 Å². The average molecular weight is 847 g/mol. The van der Waals surface area contributed by atoms with Crippen LogP contribution in [0.3, 0.4) is 0 Å². The normalized spacial score (nSPS) is 11.6. The van der Waals surface area contributed by atoms with E-state index in [1.54, 1.807) is 11.3 Å². The van der Waals surface area contributed by atoms with Crippen LogP contribution in [0.25, 0.3) is 53.8 Å². The van der Waals surface area contributed by atoms with E-state index in [-0.39, 0.29) is 25.5 Å². The fourth-order valence-corrected chi connectivity index (χ4v) is 7.70. The van der Waals surface area contributed by atoms with E-state index in [2.05, 4.69) is 92.8 Å². The molecule has 7 rings (SSSR count). The molecule has 7 aromatic rings. The molecule has 3 heterocycles. The third-order valence-electron chi connectivity index (χ3n) is 8.13. The standard InChI is InChI=1S/C27H20F2NS.C14H16NSi.Ir/c1-27(2,3)18-9-10-30-24(14-18)23-6-4-5-22-21-8-7-16(13-25(21)31-26(22)23)17-11-19(28)15-20(29)12-17;1-16(2,3)13-9-10-14(15-11-13)12-7-5-4-6-8-12;/h4-5,7-15H,1-3H3;4-7,9-11H,1-3H3;/q2*-1;. The summed E-state index contributed by atoms with van der Waals surface area (Å²) in [7, 11) is -1.23. The van der Waals surface area contributed by atoms with Crippen molar-refractivity contribution in [2.24, 2.45) is 0 Å². The Morgan fingerprint density at radius 2 is 1.48 bits per heavy atom. The van der Waals surface area contributed by atoms with Gasteiger partial charge >= 0.3 is 0 Å². The third kappa shape index (κ3) is 7.87. The van der Waals surface area contributed by atoms with Crippen LogP contribution in [0, 0.1) is 23.8 Å². The van der Waals surface area contributed by atoms with Crippen molar-refractivity contribution in [3.63, 3.8) is 0 Å². The summed E-state index contributed by atoms with van der Waals surface area (Å²) in [5, 5.41) is 3.64. The van der Waals surface area contributed by atoms with E-state index >= 15 is 0 Å². The summed E-state index contributed by atoms with van der Waals surface area (Å²) < 4.78 is 29.6. The predicted molar refractivity (Wildman–Crippen MR) is 197 cm³/mol. The number of benzene rings is 4. The first-order chi connectivity index (χ1) is 22.4. The molecule has 2 nitrogen and oxygen atoms in total. The molecule has 0 atom stereocenters. The van der Waals surface area contributed by atoms with Crippen LogP contribution >= 0.6 is 11.3 Å². The van der Waals surface area contributed by atoms with Crippen LogP contribution in [-0.4, -0.2) is 18.0 Å². The van der Waals surface area contributed by atoms with Crippen molar-refractivity contribution >= 4 is 44.8 Å². The summed E-state index contributed by atoms with van der Waals surface area (Å²) >= 11 is 1.65. The zero-order chi connectivity index (χ0) is 33.3. The minimum absolute atomic E-state index is 0. The molecule has 4 aromatic carbocycles. The zero-order valence-electron chi connectivity index (χ0n) is 27.8. The van der Waals surface area contributed by atoms with E-state index in [1.807, 2.05) is 60.9 Å². The number of pyridine rings is 2. The fourth-order valence-electron chi connectivity index (χ4n) is 5.42. The quantitative estimate of drug-likeness (QED) is 0.130. The fraction of sp³-hybridized carbons (Fsp3) is 0.171. The number of thiophene rings is 1. The molecule has 0 N–H and O–H groups in total. The van der Waals surface area contributed by atoms with Gasteiger partial charge in [-0.1, -0.05) is 76.1 Å². The van der Waals surface area contributed by atoms with Gasteiger partial charge in [-0.2, -0.15) is 11.3 Å². The summed E-state index contributed by atoms with van der Waals surface area (Å²) in [6.45, 7) is 13.6. The second-order valence-corrected chi connectivity index (χ2v) is 19.8. The van der Waals surface area contributed by atoms with Gasteiger partial charge in [-0.05, 0) is 73.0 Å². The SMILES string of the molecule is CC(C)(C)c1ccnc(-c2[c-]ccc3c2sc2cc(-c4cc(F)cc(F)c4)ccc23)c1.C[Si](C)(C)c1ccc(-c2[c-]cccc2)nc1.[Ir]. The number of hydrogen-bond acceptors (Lipinski definition) is 3. The first-order valence-electron chi connectivity index (χ1n) is 15.6. The van der Waals surface area contributed by atoms with Crippen molar-refractivity contribution < 1.29 is 28.9 Å². The molecule has 0 aliphatic rings. The van der Waals surface area contributed by atoms with E-state index in [4.69, 9.17) is 0 Å². The third-order valence-corrected chi connectivity index (χ3v) is 11.3. The Balaban J connectivity index is 0.000000224. The van der Waals surface area contributed by atoms with Crippen LogP contribution in [0.1, 0.15) is 26.3 Å². The van der Waals surface area contributed by atoms with Crippen molar-refractivity contribution in [1.82, 2.24) is 9.97 Å². The Labute approximate surface area is 300 Å². The zero-order valence-corrected chi connectivity index (χ0v) is 32.0. The molecule has 48 heavy (non-hydrogen) atoms. The molecular formula is C41H36F2IrN2SSi-2. The van der Waals surface area contributed by atoms with Crippen LogP contribution in [0.5, 0.6) is 0 Å². The Hall–Kier alpha value is -3.87. The molecule has 0 aliphatic heterocycles. The maximum absolute atomic E-state index is 13.7. The molecule has 0 spiro atoms. The molecule has 1 radical (unpaired) electrons. The van der Waals surface area contributed by atoms with Gasteiger partial charge in [0.2, 0.25) is 0 Å². The molecule has 3 aromatic heterocycles. The van der Waals surface area contributed by atoms with Gasteiger partial charge in [0.25, 0.3) is 0 Å². The molecule has 0 amide bonds. The average Bonchev–Trinajstić information content (AvgIpc) is 3.43. The Morgan fingerprint density at radius 3 is 2.12 bits per heavy atom. The van der Waals surface area contributed by atoms with E-state index < -0.39 is 19.7 Å². The van der Waals surface area contributed by atoms with Crippen LogP contribution in [0.2, 0.25) is 19.6 Å². The maximum Gasteiger partial charge on any atom is 0.126 e. The summed E-state index contributed by atoms with van der Waals surface area (Å²) in [6, 6.07) is 36.5. The number of fused-ring (bicyclic) bond motifs is 3. The van der Waals surface area contributed by atoms with E-state index in [1.165, 1.54) is 22.9 Å². The van der Waals surface area contributed by atoms with Crippen molar-refractivity contribution in [2.75, 3.05) is 0 Å². The number of nitrogens with zero attached hydrogens (tertiary/aromatic N) is 2. The minimum Gasteiger partial charge on any atom is -0.305 e. The Morgan fingerprint density at radius 1 is 0.708 bits per heavy atom. The largest absolute Gasteiger partial charge is 0.305 e. The van der Waals surface area contributed by atoms with Gasteiger partial charge in [-0.15, -0.1) is 59.7 Å². The summed E-state index contributed by atoms with van der Waals surface area (Å²) in [6.07, 6.45) is 3.87. The van der Waals surface area contributed by atoms with Crippen molar-refractivity contribution in [3.8, 4) is 33.6 Å². The van der Waals surface area contributed by atoms with Gasteiger partial charge < -0.3 is 9.97 Å². The van der Waals surface area contributed by atoms with Gasteiger partial charge in [0.1, 0.15) is 11.6 Å². The number of rotatable bonds is 4. The molecule has 0 bridgehead atoms. The molecule has 0 fully saturated rings. The van der Waals surface area contributed by atoms with Gasteiger partial charge in [0.05, 0.1) is 8.07 Å². The van der Waals surface area contributed by atoms with Crippen molar-refractivity contribution in [1.29, 1.82) is 0 Å². The first-order valence-corrected chi connectivity index (χ1v) is 19.9. The summed E-state index contributed by atoms with van der Waals surface area (Å²) in [5.74, 6) is -1.15. The van der Waals surface area contributed by atoms with Gasteiger partial charge in [0, 0.05) is 43.3 Å². The maximum atomic E-state index is 13.7. The molecule has 0 unspecified atom stereocenters. The van der Waals surface area contributed by atoms with Crippen LogP contribution in [0.4, 0.5) is 8.78 Å². The first kappa shape index (κ1) is 35.4. The number of hydrogen-bond donors (Lipinski definition) is 0. The molecular weight excluding hydrogens is 811 g/mol. The summed E-state index contributed by atoms with van der Waals surface area (Å²) in [5.41, 5.74) is 6.51. The van der Waals surface area contributed by atoms with E-state index in [0.29, 0.717) is 5.56 Å². The Kier molecular flexibility index (Phi) is 10.6. The van der Waals surface area contributed by atoms with Crippen molar-refractivity contribution in [2.45, 2.75) is 45.8 Å².